The summed E-state index contributed by atoms with van der Waals surface area (Å²) < 4.78 is 0. The molecule has 18 heavy (non-hydrogen) atoms. The van der Waals surface area contributed by atoms with Gasteiger partial charge in [0.15, 0.2) is 0 Å². The highest BCUT2D eigenvalue weighted by Gasteiger charge is 2.10. The maximum Gasteiger partial charge on any atom is 0.322 e. The zero-order valence-electron chi connectivity index (χ0n) is 9.38. The first kappa shape index (κ1) is 11.8. The lowest BCUT2D eigenvalue weighted by Crippen LogP contribution is -2.29. The molecule has 0 fully saturated rings. The quantitative estimate of drug-likeness (QED) is 0.688. The van der Waals surface area contributed by atoms with Crippen LogP contribution in [0, 0.1) is 0 Å². The summed E-state index contributed by atoms with van der Waals surface area (Å²) in [5.74, 6) is -1.65. The fourth-order valence-corrected chi connectivity index (χ4v) is 1.54. The van der Waals surface area contributed by atoms with Gasteiger partial charge in [0.05, 0.1) is 11.2 Å². The summed E-state index contributed by atoms with van der Waals surface area (Å²) in [5.41, 5.74) is 6.90. The van der Waals surface area contributed by atoms with E-state index in [9.17, 15) is 9.59 Å². The normalized spacial score (nSPS) is 10.2. The molecule has 0 atom stereocenters. The molecule has 92 valence electrons. The van der Waals surface area contributed by atoms with Gasteiger partial charge in [0.1, 0.15) is 12.2 Å². The Morgan fingerprint density at radius 3 is 2.78 bits per heavy atom. The largest absolute Gasteiger partial charge is 0.480 e. The smallest absolute Gasteiger partial charge is 0.322 e. The zero-order valence-corrected chi connectivity index (χ0v) is 9.38. The van der Waals surface area contributed by atoms with Crippen molar-refractivity contribution >= 4 is 28.5 Å². The highest BCUT2D eigenvalue weighted by atomic mass is 16.4. The van der Waals surface area contributed by atoms with Gasteiger partial charge in [-0.3, -0.25) is 9.59 Å². The maximum atomic E-state index is 11.6. The lowest BCUT2D eigenvalue weighted by Gasteiger charge is -2.05. The second-order valence-electron chi connectivity index (χ2n) is 3.69. The van der Waals surface area contributed by atoms with E-state index in [-0.39, 0.29) is 5.69 Å². The molecule has 0 aliphatic carbocycles. The predicted octanol–water partition coefficient (Wildman–Crippen LogP) is 0.631. The number of nitrogens with two attached hydrogens (primary N) is 1. The van der Waals surface area contributed by atoms with Gasteiger partial charge < -0.3 is 16.2 Å². The molecule has 4 N–H and O–H groups in total. The van der Waals surface area contributed by atoms with E-state index < -0.39 is 18.4 Å². The number of nitrogen functional groups attached to an aromatic ring is 1. The molecule has 2 rings (SSSR count). The van der Waals surface area contributed by atoms with Gasteiger partial charge in [-0.05, 0) is 12.1 Å². The average molecular weight is 245 g/mol. The fourth-order valence-electron chi connectivity index (χ4n) is 1.54. The Morgan fingerprint density at radius 1 is 1.28 bits per heavy atom. The summed E-state index contributed by atoms with van der Waals surface area (Å²) in [6.45, 7) is -0.442. The maximum absolute atomic E-state index is 11.6. The van der Waals surface area contributed by atoms with Crippen LogP contribution in [-0.4, -0.2) is 28.5 Å². The number of amides is 1. The summed E-state index contributed by atoms with van der Waals surface area (Å²) in [7, 11) is 0. The number of benzene rings is 1. The number of pyridine rings is 1. The summed E-state index contributed by atoms with van der Waals surface area (Å²) >= 11 is 0. The third-order valence-electron chi connectivity index (χ3n) is 2.38. The molecule has 1 aromatic carbocycles. The van der Waals surface area contributed by atoms with Gasteiger partial charge in [0, 0.05) is 5.39 Å². The second kappa shape index (κ2) is 4.70. The first-order chi connectivity index (χ1) is 8.58. The van der Waals surface area contributed by atoms with E-state index >= 15 is 0 Å². The number of carbonyl (C=O) groups excluding carboxylic acids is 1. The molecule has 1 heterocycles. The Kier molecular flexibility index (Phi) is 3.09. The number of hydrogen-bond donors (Lipinski definition) is 3. The molecule has 0 saturated carbocycles. The average Bonchev–Trinajstić information content (AvgIpc) is 2.36. The first-order valence-corrected chi connectivity index (χ1v) is 5.23. The highest BCUT2D eigenvalue weighted by molar-refractivity contribution is 5.98. The number of carbonyl (C=O) groups is 2. The van der Waals surface area contributed by atoms with Crippen molar-refractivity contribution in [3.05, 3.63) is 36.0 Å². The Balaban J connectivity index is 2.32. The third kappa shape index (κ3) is 2.37. The van der Waals surface area contributed by atoms with Gasteiger partial charge in [-0.25, -0.2) is 4.98 Å². The van der Waals surface area contributed by atoms with Gasteiger partial charge in [-0.15, -0.1) is 0 Å². The third-order valence-corrected chi connectivity index (χ3v) is 2.38. The number of aliphatic carboxylic acids is 1. The molecular weight excluding hydrogens is 234 g/mol. The standard InChI is InChI=1S/C12H11N3O3/c13-8-3-1-2-7-4-5-9(15-11(7)8)12(18)14-6-10(16)17/h1-5H,6,13H2,(H,14,18)(H,16,17). The zero-order chi connectivity index (χ0) is 13.1. The van der Waals surface area contributed by atoms with Crippen LogP contribution in [0.3, 0.4) is 0 Å². The Morgan fingerprint density at radius 2 is 2.06 bits per heavy atom. The van der Waals surface area contributed by atoms with E-state index in [1.807, 2.05) is 6.07 Å². The summed E-state index contributed by atoms with van der Waals surface area (Å²) in [5, 5.41) is 11.5. The number of carboxylic acid groups (broad SMARTS) is 1. The Hall–Kier alpha value is -2.63. The monoisotopic (exact) mass is 245 g/mol. The van der Waals surface area contributed by atoms with E-state index in [4.69, 9.17) is 10.8 Å². The van der Waals surface area contributed by atoms with Crippen LogP contribution in [0.25, 0.3) is 10.9 Å². The van der Waals surface area contributed by atoms with E-state index in [1.54, 1.807) is 18.2 Å². The number of para-hydroxylation sites is 1. The lowest BCUT2D eigenvalue weighted by atomic mass is 10.1. The van der Waals surface area contributed by atoms with Crippen molar-refractivity contribution in [2.24, 2.45) is 0 Å². The summed E-state index contributed by atoms with van der Waals surface area (Å²) in [6, 6.07) is 8.56. The van der Waals surface area contributed by atoms with Crippen LogP contribution in [0.15, 0.2) is 30.3 Å². The van der Waals surface area contributed by atoms with Gasteiger partial charge in [-0.1, -0.05) is 18.2 Å². The molecule has 6 nitrogen and oxygen atoms in total. The van der Waals surface area contributed by atoms with Crippen molar-refractivity contribution in [3.8, 4) is 0 Å². The van der Waals surface area contributed by atoms with Gasteiger partial charge >= 0.3 is 5.97 Å². The lowest BCUT2D eigenvalue weighted by molar-refractivity contribution is -0.135. The van der Waals surface area contributed by atoms with E-state index in [1.165, 1.54) is 6.07 Å². The van der Waals surface area contributed by atoms with Crippen molar-refractivity contribution < 1.29 is 14.7 Å². The molecule has 0 unspecified atom stereocenters. The number of nitrogens with one attached hydrogen (secondary N) is 1. The molecule has 1 aromatic heterocycles. The van der Waals surface area contributed by atoms with Crippen LogP contribution in [0.4, 0.5) is 5.69 Å². The van der Waals surface area contributed by atoms with Gasteiger partial charge in [-0.2, -0.15) is 0 Å². The summed E-state index contributed by atoms with van der Waals surface area (Å²) in [6.07, 6.45) is 0. The molecule has 0 saturated heterocycles. The van der Waals surface area contributed by atoms with E-state index in [0.29, 0.717) is 11.2 Å². The number of rotatable bonds is 3. The van der Waals surface area contributed by atoms with Gasteiger partial charge in [0.2, 0.25) is 0 Å². The molecule has 0 spiro atoms. The predicted molar refractivity (Wildman–Crippen MR) is 66.1 cm³/mol. The molecule has 1 amide bonds. The van der Waals surface area contributed by atoms with Crippen LogP contribution in [0.5, 0.6) is 0 Å². The summed E-state index contributed by atoms with van der Waals surface area (Å²) in [4.78, 5) is 26.1. The van der Waals surface area contributed by atoms with Crippen LogP contribution >= 0.6 is 0 Å². The molecule has 0 bridgehead atoms. The van der Waals surface area contributed by atoms with Crippen molar-refractivity contribution in [2.75, 3.05) is 12.3 Å². The van der Waals surface area contributed by atoms with E-state index in [0.717, 1.165) is 5.39 Å². The SMILES string of the molecule is Nc1cccc2ccc(C(=O)NCC(=O)O)nc12. The molecule has 0 aliphatic heterocycles. The highest BCUT2D eigenvalue weighted by Crippen LogP contribution is 2.18. The van der Waals surface area contributed by atoms with Gasteiger partial charge in [0.25, 0.3) is 5.91 Å². The number of aromatic nitrogens is 1. The Bertz CT molecular complexity index is 625. The minimum absolute atomic E-state index is 0.140. The molecule has 0 aliphatic rings. The van der Waals surface area contributed by atoms with Crippen molar-refractivity contribution in [2.45, 2.75) is 0 Å². The van der Waals surface area contributed by atoms with E-state index in [2.05, 4.69) is 10.3 Å². The van der Waals surface area contributed by atoms with Crippen molar-refractivity contribution in [1.29, 1.82) is 0 Å². The minimum atomic E-state index is -1.11. The topological polar surface area (TPSA) is 105 Å². The number of carboxylic acids is 1. The van der Waals surface area contributed by atoms with Crippen LogP contribution in [-0.2, 0) is 4.79 Å². The van der Waals surface area contributed by atoms with Crippen LogP contribution in [0.2, 0.25) is 0 Å². The fraction of sp³-hybridized carbons (Fsp3) is 0.0833. The second-order valence-corrected chi connectivity index (χ2v) is 3.69. The number of anilines is 1. The Labute approximate surface area is 102 Å². The molecular formula is C12H11N3O3. The molecule has 6 heteroatoms. The minimum Gasteiger partial charge on any atom is -0.480 e. The van der Waals surface area contributed by atoms with Crippen LogP contribution in [0.1, 0.15) is 10.5 Å². The number of nitrogens with zero attached hydrogens (tertiary/aromatic N) is 1. The van der Waals surface area contributed by atoms with Crippen LogP contribution < -0.4 is 11.1 Å². The van der Waals surface area contributed by atoms with Crippen molar-refractivity contribution in [3.63, 3.8) is 0 Å². The first-order valence-electron chi connectivity index (χ1n) is 5.23. The van der Waals surface area contributed by atoms with Crippen molar-refractivity contribution in [1.82, 2.24) is 10.3 Å². The number of hydrogen-bond acceptors (Lipinski definition) is 4. The molecule has 2 aromatic rings. The number of fused-ring (bicyclic) bond motifs is 1. The molecule has 0 radical (unpaired) electrons.